The molecule has 0 bridgehead atoms. The third kappa shape index (κ3) is 3.70. The normalized spacial score (nSPS) is 12.6. The van der Waals surface area contributed by atoms with Crippen molar-refractivity contribution in [1.82, 2.24) is 20.1 Å². The Balaban J connectivity index is 2.30. The average molecular weight is 286 g/mol. The van der Waals surface area contributed by atoms with Crippen LogP contribution in [0.1, 0.15) is 49.5 Å². The molecule has 1 atom stereocenters. The fourth-order valence-corrected chi connectivity index (χ4v) is 2.82. The molecule has 0 aliphatic heterocycles. The molecule has 0 saturated heterocycles. The van der Waals surface area contributed by atoms with Crippen LogP contribution in [-0.4, -0.2) is 21.3 Å². The van der Waals surface area contributed by atoms with Gasteiger partial charge in [0, 0.05) is 24.9 Å². The molecule has 2 heterocycles. The van der Waals surface area contributed by atoms with Crippen LogP contribution in [0.2, 0.25) is 0 Å². The SMILES string of the molecule is CCNC(Cc1cc(C)nn1CC)c1ncccc1CC. The molecule has 4 heteroatoms. The Morgan fingerprint density at radius 1 is 1.29 bits per heavy atom. The quantitative estimate of drug-likeness (QED) is 0.850. The molecule has 0 spiro atoms. The Bertz CT molecular complexity index is 574. The maximum absolute atomic E-state index is 4.63. The summed E-state index contributed by atoms with van der Waals surface area (Å²) in [5.74, 6) is 0. The number of likely N-dealkylation sites (N-methyl/N-ethyl adjacent to an activating group) is 1. The Labute approximate surface area is 127 Å². The van der Waals surface area contributed by atoms with Gasteiger partial charge in [-0.3, -0.25) is 9.67 Å². The number of pyridine rings is 1. The summed E-state index contributed by atoms with van der Waals surface area (Å²) in [6, 6.07) is 6.62. The highest BCUT2D eigenvalue weighted by Gasteiger charge is 2.18. The first-order valence-electron chi connectivity index (χ1n) is 7.90. The summed E-state index contributed by atoms with van der Waals surface area (Å²) in [5, 5.41) is 8.13. The first kappa shape index (κ1) is 15.7. The van der Waals surface area contributed by atoms with E-state index in [-0.39, 0.29) is 6.04 Å². The molecule has 21 heavy (non-hydrogen) atoms. The molecule has 4 nitrogen and oxygen atoms in total. The first-order valence-corrected chi connectivity index (χ1v) is 7.90. The minimum atomic E-state index is 0.243. The van der Waals surface area contributed by atoms with Crippen LogP contribution in [0.5, 0.6) is 0 Å². The van der Waals surface area contributed by atoms with E-state index in [9.17, 15) is 0 Å². The fraction of sp³-hybridized carbons (Fsp3) is 0.529. The van der Waals surface area contributed by atoms with E-state index in [1.165, 1.54) is 17.0 Å². The molecule has 0 aromatic carbocycles. The highest BCUT2D eigenvalue weighted by atomic mass is 15.3. The van der Waals surface area contributed by atoms with Crippen molar-refractivity contribution in [2.75, 3.05) is 6.54 Å². The number of hydrogen-bond donors (Lipinski definition) is 1. The standard InChI is InChI=1S/C17H26N4/c1-5-14-9-8-10-19-17(14)16(18-6-2)12-15-11-13(4)20-21(15)7-3/h8-11,16,18H,5-7,12H2,1-4H3. The summed E-state index contributed by atoms with van der Waals surface area (Å²) in [6.45, 7) is 10.4. The molecular formula is C17H26N4. The van der Waals surface area contributed by atoms with E-state index < -0.39 is 0 Å². The largest absolute Gasteiger partial charge is 0.309 e. The number of rotatable bonds is 7. The van der Waals surface area contributed by atoms with Crippen LogP contribution in [0.3, 0.4) is 0 Å². The number of nitrogens with zero attached hydrogens (tertiary/aromatic N) is 3. The maximum Gasteiger partial charge on any atom is 0.0608 e. The summed E-state index contributed by atoms with van der Waals surface area (Å²) in [4.78, 5) is 4.63. The van der Waals surface area contributed by atoms with Gasteiger partial charge >= 0.3 is 0 Å². The van der Waals surface area contributed by atoms with Crippen LogP contribution in [0.15, 0.2) is 24.4 Å². The second-order valence-corrected chi connectivity index (χ2v) is 5.31. The van der Waals surface area contributed by atoms with Crippen LogP contribution in [0.4, 0.5) is 0 Å². The predicted molar refractivity (Wildman–Crippen MR) is 86.4 cm³/mol. The fourth-order valence-electron chi connectivity index (χ4n) is 2.82. The minimum Gasteiger partial charge on any atom is -0.309 e. The second kappa shape index (κ2) is 7.36. The van der Waals surface area contributed by atoms with E-state index in [1.807, 2.05) is 12.3 Å². The van der Waals surface area contributed by atoms with Crippen molar-refractivity contribution in [1.29, 1.82) is 0 Å². The molecule has 0 radical (unpaired) electrons. The monoisotopic (exact) mass is 286 g/mol. The van der Waals surface area contributed by atoms with Gasteiger partial charge in [0.05, 0.1) is 17.4 Å². The van der Waals surface area contributed by atoms with Gasteiger partial charge in [0.1, 0.15) is 0 Å². The number of aryl methyl sites for hydroxylation is 3. The zero-order valence-electron chi connectivity index (χ0n) is 13.6. The lowest BCUT2D eigenvalue weighted by atomic mass is 10.0. The topological polar surface area (TPSA) is 42.7 Å². The third-order valence-corrected chi connectivity index (χ3v) is 3.79. The van der Waals surface area contributed by atoms with Crippen molar-refractivity contribution >= 4 is 0 Å². The van der Waals surface area contributed by atoms with Gasteiger partial charge in [0.2, 0.25) is 0 Å². The van der Waals surface area contributed by atoms with Gasteiger partial charge < -0.3 is 5.32 Å². The molecule has 1 N–H and O–H groups in total. The Morgan fingerprint density at radius 3 is 2.76 bits per heavy atom. The molecule has 0 saturated carbocycles. The molecular weight excluding hydrogens is 260 g/mol. The van der Waals surface area contributed by atoms with Crippen LogP contribution in [0, 0.1) is 6.92 Å². The summed E-state index contributed by atoms with van der Waals surface area (Å²) in [5.41, 5.74) is 4.85. The molecule has 2 aromatic rings. The molecule has 0 aliphatic carbocycles. The maximum atomic E-state index is 4.63. The van der Waals surface area contributed by atoms with E-state index in [0.717, 1.165) is 31.6 Å². The van der Waals surface area contributed by atoms with E-state index in [2.05, 4.69) is 59.9 Å². The Hall–Kier alpha value is -1.68. The lowest BCUT2D eigenvalue weighted by Gasteiger charge is -2.20. The average Bonchev–Trinajstić information content (AvgIpc) is 2.86. The van der Waals surface area contributed by atoms with E-state index in [0.29, 0.717) is 0 Å². The molecule has 0 amide bonds. The van der Waals surface area contributed by atoms with Crippen LogP contribution >= 0.6 is 0 Å². The summed E-state index contributed by atoms with van der Waals surface area (Å²) < 4.78 is 2.09. The van der Waals surface area contributed by atoms with Gasteiger partial charge in [0.15, 0.2) is 0 Å². The summed E-state index contributed by atoms with van der Waals surface area (Å²) in [7, 11) is 0. The lowest BCUT2D eigenvalue weighted by Crippen LogP contribution is -2.26. The second-order valence-electron chi connectivity index (χ2n) is 5.31. The first-order chi connectivity index (χ1) is 10.2. The number of aromatic nitrogens is 3. The van der Waals surface area contributed by atoms with Crippen LogP contribution < -0.4 is 5.32 Å². The van der Waals surface area contributed by atoms with Crippen molar-refractivity contribution in [2.45, 2.75) is 53.1 Å². The van der Waals surface area contributed by atoms with Crippen molar-refractivity contribution in [3.8, 4) is 0 Å². The highest BCUT2D eigenvalue weighted by molar-refractivity contribution is 5.25. The molecule has 1 unspecified atom stereocenters. The predicted octanol–water partition coefficient (Wildman–Crippen LogP) is 3.06. The van der Waals surface area contributed by atoms with Gasteiger partial charge in [0.25, 0.3) is 0 Å². The van der Waals surface area contributed by atoms with Gasteiger partial charge in [-0.05, 0) is 44.5 Å². The van der Waals surface area contributed by atoms with Gasteiger partial charge in [-0.2, -0.15) is 5.10 Å². The van der Waals surface area contributed by atoms with Crippen molar-refractivity contribution in [3.05, 3.63) is 47.0 Å². The lowest BCUT2D eigenvalue weighted by molar-refractivity contribution is 0.503. The molecule has 2 rings (SSSR count). The molecule has 0 aliphatic rings. The summed E-state index contributed by atoms with van der Waals surface area (Å²) >= 11 is 0. The zero-order chi connectivity index (χ0) is 15.2. The number of hydrogen-bond acceptors (Lipinski definition) is 3. The van der Waals surface area contributed by atoms with Crippen molar-refractivity contribution in [3.63, 3.8) is 0 Å². The number of nitrogens with one attached hydrogen (secondary N) is 1. The van der Waals surface area contributed by atoms with Crippen molar-refractivity contribution in [2.24, 2.45) is 0 Å². The van der Waals surface area contributed by atoms with E-state index >= 15 is 0 Å². The minimum absolute atomic E-state index is 0.243. The Kier molecular flexibility index (Phi) is 5.51. The highest BCUT2D eigenvalue weighted by Crippen LogP contribution is 2.21. The zero-order valence-corrected chi connectivity index (χ0v) is 13.6. The summed E-state index contributed by atoms with van der Waals surface area (Å²) in [6.07, 6.45) is 3.82. The van der Waals surface area contributed by atoms with E-state index in [1.54, 1.807) is 0 Å². The van der Waals surface area contributed by atoms with E-state index in [4.69, 9.17) is 0 Å². The molecule has 0 fully saturated rings. The van der Waals surface area contributed by atoms with Crippen LogP contribution in [-0.2, 0) is 19.4 Å². The molecule has 114 valence electrons. The van der Waals surface area contributed by atoms with Gasteiger partial charge in [-0.15, -0.1) is 0 Å². The Morgan fingerprint density at radius 2 is 2.10 bits per heavy atom. The van der Waals surface area contributed by atoms with Crippen LogP contribution in [0.25, 0.3) is 0 Å². The van der Waals surface area contributed by atoms with Gasteiger partial charge in [-0.1, -0.05) is 19.9 Å². The third-order valence-electron chi connectivity index (χ3n) is 3.79. The van der Waals surface area contributed by atoms with Crippen molar-refractivity contribution < 1.29 is 0 Å². The molecule has 2 aromatic heterocycles. The van der Waals surface area contributed by atoms with Gasteiger partial charge in [-0.25, -0.2) is 0 Å². The smallest absolute Gasteiger partial charge is 0.0608 e.